The minimum absolute atomic E-state index is 0.0551. The van der Waals surface area contributed by atoms with E-state index < -0.39 is 0 Å². The van der Waals surface area contributed by atoms with Crippen molar-refractivity contribution in [3.8, 4) is 5.75 Å². The number of benzene rings is 1. The van der Waals surface area contributed by atoms with Crippen molar-refractivity contribution in [3.63, 3.8) is 0 Å². The summed E-state index contributed by atoms with van der Waals surface area (Å²) < 4.78 is 5.49. The molecule has 0 radical (unpaired) electrons. The summed E-state index contributed by atoms with van der Waals surface area (Å²) in [6, 6.07) is 9.38. The van der Waals surface area contributed by atoms with Gasteiger partial charge in [0.1, 0.15) is 5.75 Å². The van der Waals surface area contributed by atoms with Crippen LogP contribution >= 0.6 is 0 Å². The van der Waals surface area contributed by atoms with Crippen molar-refractivity contribution >= 4 is 11.9 Å². The SMILES string of the molecule is Cc1cccc(OC(=O)C2CCN(c3ncccn3)CC2)c1. The normalized spacial score (nSPS) is 15.6. The Balaban J connectivity index is 1.56. The van der Waals surface area contributed by atoms with Crippen molar-refractivity contribution in [2.75, 3.05) is 18.0 Å². The maximum absolute atomic E-state index is 12.2. The van der Waals surface area contributed by atoms with Crippen LogP contribution in [0.2, 0.25) is 0 Å². The van der Waals surface area contributed by atoms with E-state index in [9.17, 15) is 4.79 Å². The first-order valence-corrected chi connectivity index (χ1v) is 7.53. The van der Waals surface area contributed by atoms with Gasteiger partial charge in [-0.3, -0.25) is 4.79 Å². The molecule has 1 saturated heterocycles. The molecule has 1 aliphatic heterocycles. The van der Waals surface area contributed by atoms with E-state index in [-0.39, 0.29) is 11.9 Å². The molecular formula is C17H19N3O2. The molecule has 0 atom stereocenters. The second kappa shape index (κ2) is 6.56. The summed E-state index contributed by atoms with van der Waals surface area (Å²) in [5.41, 5.74) is 1.08. The van der Waals surface area contributed by atoms with Crippen LogP contribution < -0.4 is 9.64 Å². The molecule has 1 fully saturated rings. The van der Waals surface area contributed by atoms with Crippen LogP contribution in [0.25, 0.3) is 0 Å². The van der Waals surface area contributed by atoms with Gasteiger partial charge in [-0.15, -0.1) is 0 Å². The third-order valence-corrected chi connectivity index (χ3v) is 3.87. The number of anilines is 1. The van der Waals surface area contributed by atoms with Crippen LogP contribution in [0, 0.1) is 12.8 Å². The van der Waals surface area contributed by atoms with E-state index in [0.29, 0.717) is 5.75 Å². The van der Waals surface area contributed by atoms with Crippen molar-refractivity contribution < 1.29 is 9.53 Å². The average molecular weight is 297 g/mol. The number of carbonyl (C=O) groups excluding carboxylic acids is 1. The Labute approximate surface area is 130 Å². The van der Waals surface area contributed by atoms with Crippen LogP contribution in [0.1, 0.15) is 18.4 Å². The fourth-order valence-corrected chi connectivity index (χ4v) is 2.65. The first-order valence-electron chi connectivity index (χ1n) is 7.53. The number of carbonyl (C=O) groups is 1. The summed E-state index contributed by atoms with van der Waals surface area (Å²) in [6.07, 6.45) is 5.01. The van der Waals surface area contributed by atoms with Crippen LogP contribution in [0.4, 0.5) is 5.95 Å². The Morgan fingerprint density at radius 3 is 2.59 bits per heavy atom. The van der Waals surface area contributed by atoms with E-state index in [0.717, 1.165) is 37.4 Å². The zero-order valence-corrected chi connectivity index (χ0v) is 12.6. The highest BCUT2D eigenvalue weighted by atomic mass is 16.5. The molecule has 114 valence electrons. The molecule has 1 aromatic heterocycles. The highest BCUT2D eigenvalue weighted by Gasteiger charge is 2.27. The van der Waals surface area contributed by atoms with E-state index in [1.54, 1.807) is 18.5 Å². The predicted octanol–water partition coefficient (Wildman–Crippen LogP) is 2.61. The smallest absolute Gasteiger partial charge is 0.314 e. The molecule has 2 heterocycles. The van der Waals surface area contributed by atoms with Crippen molar-refractivity contribution in [1.82, 2.24) is 9.97 Å². The van der Waals surface area contributed by atoms with Gasteiger partial charge in [-0.25, -0.2) is 9.97 Å². The maximum atomic E-state index is 12.2. The van der Waals surface area contributed by atoms with E-state index in [1.807, 2.05) is 31.2 Å². The molecule has 5 heteroatoms. The van der Waals surface area contributed by atoms with E-state index >= 15 is 0 Å². The van der Waals surface area contributed by atoms with Crippen LogP contribution in [0.3, 0.4) is 0 Å². The molecule has 2 aromatic rings. The van der Waals surface area contributed by atoms with Gasteiger partial charge < -0.3 is 9.64 Å². The van der Waals surface area contributed by atoms with Gasteiger partial charge in [-0.1, -0.05) is 12.1 Å². The highest BCUT2D eigenvalue weighted by molar-refractivity contribution is 5.75. The fourth-order valence-electron chi connectivity index (χ4n) is 2.65. The quantitative estimate of drug-likeness (QED) is 0.644. The number of ether oxygens (including phenoxy) is 1. The largest absolute Gasteiger partial charge is 0.426 e. The highest BCUT2D eigenvalue weighted by Crippen LogP contribution is 2.23. The number of aromatic nitrogens is 2. The van der Waals surface area contributed by atoms with Gasteiger partial charge in [0, 0.05) is 25.5 Å². The summed E-state index contributed by atoms with van der Waals surface area (Å²) in [5, 5.41) is 0. The molecule has 3 rings (SSSR count). The average Bonchev–Trinajstić information content (AvgIpc) is 2.56. The van der Waals surface area contributed by atoms with Crippen molar-refractivity contribution in [2.24, 2.45) is 5.92 Å². The Hall–Kier alpha value is -2.43. The zero-order valence-electron chi connectivity index (χ0n) is 12.6. The van der Waals surface area contributed by atoms with Gasteiger partial charge in [0.15, 0.2) is 0 Å². The molecule has 0 bridgehead atoms. The van der Waals surface area contributed by atoms with Gasteiger partial charge in [-0.2, -0.15) is 0 Å². The van der Waals surface area contributed by atoms with Crippen LogP contribution in [0.5, 0.6) is 5.75 Å². The van der Waals surface area contributed by atoms with Gasteiger partial charge in [0.25, 0.3) is 0 Å². The van der Waals surface area contributed by atoms with Crippen molar-refractivity contribution in [1.29, 1.82) is 0 Å². The van der Waals surface area contributed by atoms with Crippen LogP contribution in [-0.2, 0) is 4.79 Å². The summed E-state index contributed by atoms with van der Waals surface area (Å²) in [7, 11) is 0. The first kappa shape index (κ1) is 14.5. The lowest BCUT2D eigenvalue weighted by Gasteiger charge is -2.30. The second-order valence-corrected chi connectivity index (χ2v) is 5.55. The van der Waals surface area contributed by atoms with Crippen molar-refractivity contribution in [2.45, 2.75) is 19.8 Å². The summed E-state index contributed by atoms with van der Waals surface area (Å²) in [5.74, 6) is 1.16. The lowest BCUT2D eigenvalue weighted by molar-refractivity contribution is -0.139. The molecule has 0 spiro atoms. The number of hydrogen-bond acceptors (Lipinski definition) is 5. The number of nitrogens with zero attached hydrogens (tertiary/aromatic N) is 3. The third-order valence-electron chi connectivity index (χ3n) is 3.87. The van der Waals surface area contributed by atoms with E-state index in [2.05, 4.69) is 14.9 Å². The summed E-state index contributed by atoms with van der Waals surface area (Å²) >= 11 is 0. The lowest BCUT2D eigenvalue weighted by Crippen LogP contribution is -2.38. The molecule has 0 N–H and O–H groups in total. The minimum Gasteiger partial charge on any atom is -0.426 e. The molecule has 5 nitrogen and oxygen atoms in total. The molecule has 1 aromatic carbocycles. The number of hydrogen-bond donors (Lipinski definition) is 0. The van der Waals surface area contributed by atoms with Gasteiger partial charge in [0.05, 0.1) is 5.92 Å². The topological polar surface area (TPSA) is 55.3 Å². The molecule has 0 unspecified atom stereocenters. The van der Waals surface area contributed by atoms with Crippen molar-refractivity contribution in [3.05, 3.63) is 48.3 Å². The van der Waals surface area contributed by atoms with Gasteiger partial charge in [0.2, 0.25) is 5.95 Å². The molecule has 1 aliphatic rings. The molecule has 0 saturated carbocycles. The zero-order chi connectivity index (χ0) is 15.4. The Morgan fingerprint density at radius 2 is 1.91 bits per heavy atom. The monoisotopic (exact) mass is 297 g/mol. The number of aryl methyl sites for hydroxylation is 1. The summed E-state index contributed by atoms with van der Waals surface area (Å²) in [6.45, 7) is 3.53. The number of rotatable bonds is 3. The maximum Gasteiger partial charge on any atom is 0.314 e. The molecule has 0 amide bonds. The van der Waals surface area contributed by atoms with Gasteiger partial charge in [-0.05, 0) is 43.5 Å². The Morgan fingerprint density at radius 1 is 1.18 bits per heavy atom. The van der Waals surface area contributed by atoms with E-state index in [1.165, 1.54) is 0 Å². The van der Waals surface area contributed by atoms with E-state index in [4.69, 9.17) is 4.74 Å². The Bertz CT molecular complexity index is 637. The summed E-state index contributed by atoms with van der Waals surface area (Å²) in [4.78, 5) is 22.9. The first-order chi connectivity index (χ1) is 10.7. The fraction of sp³-hybridized carbons (Fsp3) is 0.353. The predicted molar refractivity (Wildman–Crippen MR) is 83.8 cm³/mol. The molecule has 0 aliphatic carbocycles. The molecular weight excluding hydrogens is 278 g/mol. The number of esters is 1. The second-order valence-electron chi connectivity index (χ2n) is 5.55. The third kappa shape index (κ3) is 3.42. The Kier molecular flexibility index (Phi) is 4.32. The van der Waals surface area contributed by atoms with Crippen LogP contribution in [0.15, 0.2) is 42.7 Å². The van der Waals surface area contributed by atoms with Crippen LogP contribution in [-0.4, -0.2) is 29.0 Å². The lowest BCUT2D eigenvalue weighted by atomic mass is 9.97. The number of piperidine rings is 1. The minimum atomic E-state index is -0.140. The standard InChI is InChI=1S/C17H19N3O2/c1-13-4-2-5-15(12-13)22-16(21)14-6-10-20(11-7-14)17-18-8-3-9-19-17/h2-5,8-9,12,14H,6-7,10-11H2,1H3. The molecule has 22 heavy (non-hydrogen) atoms. The van der Waals surface area contributed by atoms with Gasteiger partial charge >= 0.3 is 5.97 Å².